The van der Waals surface area contributed by atoms with Gasteiger partial charge in [-0.15, -0.1) is 0 Å². The Morgan fingerprint density at radius 1 is 0.652 bits per heavy atom. The molecule has 23 heavy (non-hydrogen) atoms. The van der Waals surface area contributed by atoms with Crippen molar-refractivity contribution in [3.05, 3.63) is 71.5 Å². The van der Waals surface area contributed by atoms with E-state index in [9.17, 15) is 0 Å². The standard InChI is InChI=1S/C19H20N4/c1-13-6-4-8-16(10-13)22-18-12-19(21-15(3)20-18)23-17-9-5-7-14(2)11-17/h4-12H,1-3H3,(H2,20,21,22,23). The zero-order valence-electron chi connectivity index (χ0n) is 13.6. The number of rotatable bonds is 4. The molecule has 0 aliphatic heterocycles. The summed E-state index contributed by atoms with van der Waals surface area (Å²) in [7, 11) is 0. The molecule has 0 atom stereocenters. The van der Waals surface area contributed by atoms with Crippen LogP contribution in [0.1, 0.15) is 17.0 Å². The lowest BCUT2D eigenvalue weighted by Gasteiger charge is -2.11. The number of nitrogens with one attached hydrogen (secondary N) is 2. The van der Waals surface area contributed by atoms with Crippen LogP contribution in [0.3, 0.4) is 0 Å². The highest BCUT2D eigenvalue weighted by Gasteiger charge is 2.04. The predicted molar refractivity (Wildman–Crippen MR) is 95.7 cm³/mol. The zero-order chi connectivity index (χ0) is 16.2. The number of nitrogens with zero attached hydrogens (tertiary/aromatic N) is 2. The summed E-state index contributed by atoms with van der Waals surface area (Å²) in [5.41, 5.74) is 4.45. The number of hydrogen-bond donors (Lipinski definition) is 2. The quantitative estimate of drug-likeness (QED) is 0.720. The molecule has 4 nitrogen and oxygen atoms in total. The van der Waals surface area contributed by atoms with E-state index in [1.165, 1.54) is 11.1 Å². The highest BCUT2D eigenvalue weighted by atomic mass is 15.1. The van der Waals surface area contributed by atoms with Crippen LogP contribution in [0.2, 0.25) is 0 Å². The van der Waals surface area contributed by atoms with Gasteiger partial charge in [0.15, 0.2) is 0 Å². The highest BCUT2D eigenvalue weighted by molar-refractivity contribution is 5.63. The fourth-order valence-corrected chi connectivity index (χ4v) is 2.44. The number of anilines is 4. The molecule has 0 fully saturated rings. The highest BCUT2D eigenvalue weighted by Crippen LogP contribution is 2.21. The summed E-state index contributed by atoms with van der Waals surface area (Å²) in [6.45, 7) is 6.03. The van der Waals surface area contributed by atoms with E-state index in [1.54, 1.807) is 0 Å². The largest absolute Gasteiger partial charge is 0.340 e. The van der Waals surface area contributed by atoms with Gasteiger partial charge in [-0.1, -0.05) is 24.3 Å². The van der Waals surface area contributed by atoms with Gasteiger partial charge in [-0.2, -0.15) is 0 Å². The van der Waals surface area contributed by atoms with E-state index in [2.05, 4.69) is 58.7 Å². The van der Waals surface area contributed by atoms with Crippen molar-refractivity contribution in [2.75, 3.05) is 10.6 Å². The van der Waals surface area contributed by atoms with E-state index in [0.717, 1.165) is 28.8 Å². The van der Waals surface area contributed by atoms with E-state index in [0.29, 0.717) is 0 Å². The Kier molecular flexibility index (Phi) is 4.24. The number of hydrogen-bond acceptors (Lipinski definition) is 4. The van der Waals surface area contributed by atoms with Crippen LogP contribution in [0.25, 0.3) is 0 Å². The first-order chi connectivity index (χ1) is 11.1. The van der Waals surface area contributed by atoms with Gasteiger partial charge in [0.25, 0.3) is 0 Å². The molecule has 2 N–H and O–H groups in total. The Morgan fingerprint density at radius 2 is 1.13 bits per heavy atom. The summed E-state index contributed by atoms with van der Waals surface area (Å²) in [4.78, 5) is 8.91. The van der Waals surface area contributed by atoms with Crippen molar-refractivity contribution >= 4 is 23.0 Å². The van der Waals surface area contributed by atoms with Gasteiger partial charge in [0.1, 0.15) is 17.5 Å². The van der Waals surface area contributed by atoms with Crippen molar-refractivity contribution in [2.24, 2.45) is 0 Å². The number of aromatic nitrogens is 2. The first-order valence-electron chi connectivity index (χ1n) is 7.61. The fraction of sp³-hybridized carbons (Fsp3) is 0.158. The second-order valence-corrected chi connectivity index (χ2v) is 5.67. The third kappa shape index (κ3) is 4.07. The molecule has 0 saturated heterocycles. The van der Waals surface area contributed by atoms with Crippen LogP contribution in [0.5, 0.6) is 0 Å². The van der Waals surface area contributed by atoms with Gasteiger partial charge in [-0.3, -0.25) is 0 Å². The summed E-state index contributed by atoms with van der Waals surface area (Å²) in [5, 5.41) is 6.66. The van der Waals surface area contributed by atoms with Gasteiger partial charge in [-0.25, -0.2) is 9.97 Å². The monoisotopic (exact) mass is 304 g/mol. The zero-order valence-corrected chi connectivity index (χ0v) is 13.6. The maximum atomic E-state index is 4.46. The molecular weight excluding hydrogens is 284 g/mol. The van der Waals surface area contributed by atoms with Crippen LogP contribution in [0.4, 0.5) is 23.0 Å². The molecule has 3 aromatic rings. The van der Waals surface area contributed by atoms with E-state index >= 15 is 0 Å². The Hall–Kier alpha value is -2.88. The topological polar surface area (TPSA) is 49.8 Å². The predicted octanol–water partition coefficient (Wildman–Crippen LogP) is 4.89. The third-order valence-corrected chi connectivity index (χ3v) is 3.42. The molecule has 0 aliphatic rings. The molecule has 4 heteroatoms. The summed E-state index contributed by atoms with van der Waals surface area (Å²) in [6, 6.07) is 18.3. The van der Waals surface area contributed by atoms with E-state index in [4.69, 9.17) is 0 Å². The molecule has 0 spiro atoms. The van der Waals surface area contributed by atoms with Gasteiger partial charge in [-0.05, 0) is 56.2 Å². The lowest BCUT2D eigenvalue weighted by Crippen LogP contribution is -2.01. The molecule has 1 aromatic heterocycles. The molecule has 0 bridgehead atoms. The third-order valence-electron chi connectivity index (χ3n) is 3.42. The van der Waals surface area contributed by atoms with Gasteiger partial charge >= 0.3 is 0 Å². The normalized spacial score (nSPS) is 10.4. The van der Waals surface area contributed by atoms with Gasteiger partial charge in [0.05, 0.1) is 0 Å². The van der Waals surface area contributed by atoms with Crippen molar-refractivity contribution in [1.82, 2.24) is 9.97 Å². The van der Waals surface area contributed by atoms with Crippen molar-refractivity contribution in [1.29, 1.82) is 0 Å². The van der Waals surface area contributed by atoms with Crippen molar-refractivity contribution in [2.45, 2.75) is 20.8 Å². The van der Waals surface area contributed by atoms with Gasteiger partial charge in [0, 0.05) is 17.4 Å². The minimum absolute atomic E-state index is 0.720. The van der Waals surface area contributed by atoms with Crippen LogP contribution in [0, 0.1) is 20.8 Å². The summed E-state index contributed by atoms with van der Waals surface area (Å²) < 4.78 is 0. The first kappa shape index (κ1) is 15.0. The molecule has 0 saturated carbocycles. The lowest BCUT2D eigenvalue weighted by atomic mass is 10.2. The molecule has 1 heterocycles. The Bertz CT molecular complexity index is 761. The number of aryl methyl sites for hydroxylation is 3. The molecule has 0 unspecified atom stereocenters. The molecule has 0 radical (unpaired) electrons. The van der Waals surface area contributed by atoms with Crippen molar-refractivity contribution in [3.8, 4) is 0 Å². The van der Waals surface area contributed by atoms with Crippen LogP contribution < -0.4 is 10.6 Å². The summed E-state index contributed by atoms with van der Waals surface area (Å²) >= 11 is 0. The van der Waals surface area contributed by atoms with Crippen LogP contribution in [0.15, 0.2) is 54.6 Å². The maximum absolute atomic E-state index is 4.46. The second kappa shape index (κ2) is 6.48. The first-order valence-corrected chi connectivity index (χ1v) is 7.61. The molecule has 3 rings (SSSR count). The van der Waals surface area contributed by atoms with Crippen LogP contribution >= 0.6 is 0 Å². The minimum Gasteiger partial charge on any atom is -0.340 e. The van der Waals surface area contributed by atoms with Gasteiger partial charge in [0.2, 0.25) is 0 Å². The Morgan fingerprint density at radius 3 is 1.57 bits per heavy atom. The Labute approximate surface area is 136 Å². The van der Waals surface area contributed by atoms with Crippen LogP contribution in [-0.2, 0) is 0 Å². The molecule has 0 aliphatic carbocycles. The van der Waals surface area contributed by atoms with Crippen molar-refractivity contribution in [3.63, 3.8) is 0 Å². The average Bonchev–Trinajstić information content (AvgIpc) is 2.46. The van der Waals surface area contributed by atoms with E-state index in [-0.39, 0.29) is 0 Å². The van der Waals surface area contributed by atoms with E-state index in [1.807, 2.05) is 37.3 Å². The van der Waals surface area contributed by atoms with Gasteiger partial charge < -0.3 is 10.6 Å². The van der Waals surface area contributed by atoms with Crippen molar-refractivity contribution < 1.29 is 0 Å². The Balaban J connectivity index is 1.84. The smallest absolute Gasteiger partial charge is 0.136 e. The molecule has 0 amide bonds. The van der Waals surface area contributed by atoms with E-state index < -0.39 is 0 Å². The number of benzene rings is 2. The lowest BCUT2D eigenvalue weighted by molar-refractivity contribution is 1.06. The SMILES string of the molecule is Cc1cccc(Nc2cc(Nc3cccc(C)c3)nc(C)n2)c1. The summed E-state index contributed by atoms with van der Waals surface area (Å²) in [6.07, 6.45) is 0. The maximum Gasteiger partial charge on any atom is 0.136 e. The molecule has 2 aromatic carbocycles. The average molecular weight is 304 g/mol. The summed E-state index contributed by atoms with van der Waals surface area (Å²) in [5.74, 6) is 2.27. The molecule has 116 valence electrons. The second-order valence-electron chi connectivity index (χ2n) is 5.67. The minimum atomic E-state index is 0.720. The fourth-order valence-electron chi connectivity index (χ4n) is 2.44. The molecular formula is C19H20N4. The van der Waals surface area contributed by atoms with Crippen LogP contribution in [-0.4, -0.2) is 9.97 Å².